The Balaban J connectivity index is 1.56. The summed E-state index contributed by atoms with van der Waals surface area (Å²) in [6, 6.07) is 12.2. The second-order valence-corrected chi connectivity index (χ2v) is 6.92. The summed E-state index contributed by atoms with van der Waals surface area (Å²) in [7, 11) is 0. The van der Waals surface area contributed by atoms with Crippen LogP contribution in [0.25, 0.3) is 0 Å². The molecule has 5 nitrogen and oxygen atoms in total. The predicted octanol–water partition coefficient (Wildman–Crippen LogP) is 0.850. The monoisotopic (exact) mass is 340 g/mol. The molecule has 0 radical (unpaired) electrons. The molecule has 1 aromatic heterocycles. The summed E-state index contributed by atoms with van der Waals surface area (Å²) < 4.78 is 0. The number of nitrogens with zero attached hydrogens (tertiary/aromatic N) is 1. The highest BCUT2D eigenvalue weighted by Gasteiger charge is 2.32. The number of amides is 1. The number of carbonyl (C=O) groups excluding carboxylic acids is 1. The maximum Gasteiger partial charge on any atom is 0.282 e. The summed E-state index contributed by atoms with van der Waals surface area (Å²) in [4.78, 5) is 19.6. The van der Waals surface area contributed by atoms with Gasteiger partial charge in [0.2, 0.25) is 0 Å². The fourth-order valence-electron chi connectivity index (χ4n) is 3.43. The van der Waals surface area contributed by atoms with Gasteiger partial charge >= 0.3 is 0 Å². The van der Waals surface area contributed by atoms with Crippen molar-refractivity contribution in [1.82, 2.24) is 0 Å². The van der Waals surface area contributed by atoms with E-state index in [-0.39, 0.29) is 11.9 Å². The van der Waals surface area contributed by atoms with Gasteiger partial charge in [-0.3, -0.25) is 9.69 Å². The molecule has 5 heteroatoms. The number of aromatic nitrogens is 1. The molecule has 3 rings (SSSR count). The lowest BCUT2D eigenvalue weighted by Gasteiger charge is -2.31. The minimum Gasteiger partial charge on any atom is -0.321 e. The van der Waals surface area contributed by atoms with Crippen LogP contribution in [0.1, 0.15) is 18.1 Å². The average molecular weight is 340 g/mol. The Hall–Kier alpha value is -2.40. The van der Waals surface area contributed by atoms with Crippen molar-refractivity contribution in [2.24, 2.45) is 0 Å². The van der Waals surface area contributed by atoms with Crippen LogP contribution >= 0.6 is 0 Å². The number of H-pyrrole nitrogens is 1. The molecule has 1 atom stereocenters. The third kappa shape index (κ3) is 4.17. The number of anilines is 2. The molecule has 2 heterocycles. The zero-order valence-electron chi connectivity index (χ0n) is 15.3. The quantitative estimate of drug-likeness (QED) is 0.867. The zero-order valence-corrected chi connectivity index (χ0v) is 15.3. The second kappa shape index (κ2) is 7.66. The molecule has 1 amide bonds. The van der Waals surface area contributed by atoms with Crippen LogP contribution in [-0.4, -0.2) is 38.1 Å². The number of pyridine rings is 1. The van der Waals surface area contributed by atoms with Gasteiger partial charge in [-0.15, -0.1) is 0 Å². The van der Waals surface area contributed by atoms with Crippen LogP contribution in [0.2, 0.25) is 0 Å². The van der Waals surface area contributed by atoms with Crippen molar-refractivity contribution >= 4 is 17.4 Å². The summed E-state index contributed by atoms with van der Waals surface area (Å²) >= 11 is 0. The molecular weight excluding hydrogens is 312 g/mol. The van der Waals surface area contributed by atoms with E-state index in [2.05, 4.69) is 34.3 Å². The van der Waals surface area contributed by atoms with Gasteiger partial charge in [-0.1, -0.05) is 23.8 Å². The molecule has 0 saturated carbocycles. The van der Waals surface area contributed by atoms with E-state index in [0.29, 0.717) is 0 Å². The Morgan fingerprint density at radius 2 is 1.96 bits per heavy atom. The van der Waals surface area contributed by atoms with Crippen molar-refractivity contribution in [3.8, 4) is 0 Å². The highest BCUT2D eigenvalue weighted by atomic mass is 16.2. The zero-order chi connectivity index (χ0) is 17.8. The number of rotatable bonds is 4. The van der Waals surface area contributed by atoms with E-state index < -0.39 is 0 Å². The number of benzene rings is 1. The average Bonchev–Trinajstić information content (AvgIpc) is 2.64. The lowest BCUT2D eigenvalue weighted by molar-refractivity contribution is -0.914. The van der Waals surface area contributed by atoms with Crippen molar-refractivity contribution in [1.29, 1.82) is 0 Å². The maximum atomic E-state index is 12.6. The number of piperazine rings is 1. The Morgan fingerprint density at radius 1 is 1.20 bits per heavy atom. The highest BCUT2D eigenvalue weighted by molar-refractivity contribution is 5.94. The van der Waals surface area contributed by atoms with E-state index >= 15 is 0 Å². The van der Waals surface area contributed by atoms with Gasteiger partial charge in [-0.2, -0.15) is 0 Å². The smallest absolute Gasteiger partial charge is 0.282 e. The standard InChI is InChI=1S/C20H26N4O/c1-15-7-8-18(16(2)14-15)22-20(25)17(3)23-10-12-24(13-11-23)19-6-4-5-9-21-19/h4-9,14,17H,10-13H2,1-3H3,(H,22,25)/p+2/t17-/m1/s1. The first kappa shape index (κ1) is 17.4. The van der Waals surface area contributed by atoms with Gasteiger partial charge in [-0.05, 0) is 38.5 Å². The number of hydrogen-bond acceptors (Lipinski definition) is 2. The lowest BCUT2D eigenvalue weighted by Crippen LogP contribution is -3.19. The fourth-order valence-corrected chi connectivity index (χ4v) is 3.43. The largest absolute Gasteiger partial charge is 0.321 e. The lowest BCUT2D eigenvalue weighted by atomic mass is 10.1. The predicted molar refractivity (Wildman–Crippen MR) is 99.9 cm³/mol. The van der Waals surface area contributed by atoms with Gasteiger partial charge in [0.1, 0.15) is 26.2 Å². The first-order valence-corrected chi connectivity index (χ1v) is 8.99. The van der Waals surface area contributed by atoms with Crippen molar-refractivity contribution in [3.63, 3.8) is 0 Å². The second-order valence-electron chi connectivity index (χ2n) is 6.92. The summed E-state index contributed by atoms with van der Waals surface area (Å²) in [6.07, 6.45) is 1.95. The Labute approximate surface area is 149 Å². The number of nitrogens with one attached hydrogen (secondary N) is 3. The number of quaternary nitrogens is 1. The minimum absolute atomic E-state index is 0.0531. The number of aryl methyl sites for hydroxylation is 2. The molecule has 25 heavy (non-hydrogen) atoms. The van der Waals surface area contributed by atoms with Gasteiger partial charge in [0.25, 0.3) is 11.7 Å². The summed E-state index contributed by atoms with van der Waals surface area (Å²) in [5.41, 5.74) is 3.24. The normalized spacial score (nSPS) is 16.5. The van der Waals surface area contributed by atoms with Gasteiger partial charge in [0.15, 0.2) is 6.04 Å². The number of hydrogen-bond donors (Lipinski definition) is 2. The maximum absolute atomic E-state index is 12.6. The van der Waals surface area contributed by atoms with Crippen LogP contribution in [0, 0.1) is 13.8 Å². The summed E-state index contributed by atoms with van der Waals surface area (Å²) in [6.45, 7) is 9.96. The minimum atomic E-state index is -0.0531. The topological polar surface area (TPSA) is 50.9 Å². The van der Waals surface area contributed by atoms with E-state index in [1.807, 2.05) is 44.3 Å². The molecule has 0 aliphatic carbocycles. The highest BCUT2D eigenvalue weighted by Crippen LogP contribution is 2.16. The Morgan fingerprint density at radius 3 is 2.60 bits per heavy atom. The van der Waals surface area contributed by atoms with Crippen LogP contribution in [0.5, 0.6) is 0 Å². The van der Waals surface area contributed by atoms with E-state index in [4.69, 9.17) is 0 Å². The number of aromatic amines is 1. The van der Waals surface area contributed by atoms with E-state index in [9.17, 15) is 4.79 Å². The Kier molecular flexibility index (Phi) is 5.34. The molecule has 3 N–H and O–H groups in total. The van der Waals surface area contributed by atoms with Crippen molar-refractivity contribution in [2.45, 2.75) is 26.8 Å². The molecule has 1 saturated heterocycles. The van der Waals surface area contributed by atoms with E-state index in [1.165, 1.54) is 10.5 Å². The van der Waals surface area contributed by atoms with Crippen LogP contribution in [0.15, 0.2) is 42.6 Å². The van der Waals surface area contributed by atoms with Gasteiger partial charge < -0.3 is 10.2 Å². The molecule has 0 unspecified atom stereocenters. The van der Waals surface area contributed by atoms with Crippen molar-refractivity contribution in [2.75, 3.05) is 36.4 Å². The van der Waals surface area contributed by atoms with Gasteiger partial charge in [-0.25, -0.2) is 4.98 Å². The molecule has 2 aromatic rings. The van der Waals surface area contributed by atoms with Crippen molar-refractivity contribution < 1.29 is 14.7 Å². The first-order chi connectivity index (χ1) is 12.0. The van der Waals surface area contributed by atoms with E-state index in [0.717, 1.165) is 43.2 Å². The van der Waals surface area contributed by atoms with Crippen LogP contribution < -0.4 is 20.1 Å². The third-order valence-corrected chi connectivity index (χ3v) is 5.08. The number of carbonyl (C=O) groups is 1. The summed E-state index contributed by atoms with van der Waals surface area (Å²) in [5, 5.41) is 3.10. The van der Waals surface area contributed by atoms with Crippen LogP contribution in [-0.2, 0) is 4.79 Å². The molecule has 1 fully saturated rings. The molecule has 0 bridgehead atoms. The molecule has 0 spiro atoms. The van der Waals surface area contributed by atoms with Crippen LogP contribution in [0.4, 0.5) is 11.5 Å². The third-order valence-electron chi connectivity index (χ3n) is 5.08. The molecule has 1 aromatic carbocycles. The van der Waals surface area contributed by atoms with Gasteiger partial charge in [0, 0.05) is 11.8 Å². The summed E-state index contributed by atoms with van der Waals surface area (Å²) in [5.74, 6) is 1.25. The molecule has 1 aliphatic heterocycles. The van der Waals surface area contributed by atoms with Crippen LogP contribution in [0.3, 0.4) is 0 Å². The van der Waals surface area contributed by atoms with E-state index in [1.54, 1.807) is 0 Å². The van der Waals surface area contributed by atoms with Gasteiger partial charge in [0.05, 0.1) is 6.20 Å². The van der Waals surface area contributed by atoms with Crippen molar-refractivity contribution in [3.05, 3.63) is 53.7 Å². The molecule has 1 aliphatic rings. The first-order valence-electron chi connectivity index (χ1n) is 8.99. The molecular formula is C20H28N4O+2. The SMILES string of the molecule is Cc1ccc(NC(=O)[C@@H](C)[NH+]2CCN(c3cccc[nH+]3)CC2)c(C)c1. The Bertz CT molecular complexity index is 724. The molecule has 132 valence electrons. The fraction of sp³-hybridized carbons (Fsp3) is 0.400.